The summed E-state index contributed by atoms with van der Waals surface area (Å²) in [6.45, 7) is 2.28. The predicted molar refractivity (Wildman–Crippen MR) is 106 cm³/mol. The van der Waals surface area contributed by atoms with E-state index in [2.05, 4.69) is 5.32 Å². The second-order valence-electron chi connectivity index (χ2n) is 7.01. The Morgan fingerprint density at radius 2 is 1.89 bits per heavy atom. The molecule has 140 valence electrons. The van der Waals surface area contributed by atoms with Crippen LogP contribution in [0.5, 0.6) is 0 Å². The van der Waals surface area contributed by atoms with Gasteiger partial charge in [0.2, 0.25) is 5.91 Å². The van der Waals surface area contributed by atoms with Crippen LogP contribution in [0.25, 0.3) is 0 Å². The lowest BCUT2D eigenvalue weighted by Gasteiger charge is -2.45. The van der Waals surface area contributed by atoms with Gasteiger partial charge in [-0.25, -0.2) is 0 Å². The largest absolute Gasteiger partial charge is 0.377 e. The van der Waals surface area contributed by atoms with Crippen molar-refractivity contribution in [3.05, 3.63) is 63.6 Å². The molecule has 1 N–H and O–H groups in total. The zero-order valence-corrected chi connectivity index (χ0v) is 16.3. The number of carbonyl (C=O) groups is 2. The summed E-state index contributed by atoms with van der Waals surface area (Å²) in [7, 11) is 0. The van der Waals surface area contributed by atoms with Crippen molar-refractivity contribution in [1.29, 1.82) is 0 Å². The maximum atomic E-state index is 13.4. The van der Waals surface area contributed by atoms with Crippen molar-refractivity contribution in [2.24, 2.45) is 0 Å². The first kappa shape index (κ1) is 18.5. The second kappa shape index (κ2) is 6.93. The summed E-state index contributed by atoms with van der Waals surface area (Å²) in [6, 6.07) is 12.7. The van der Waals surface area contributed by atoms with E-state index < -0.39 is 11.5 Å². The summed E-state index contributed by atoms with van der Waals surface area (Å²) in [5.41, 5.74) is 1.34. The van der Waals surface area contributed by atoms with Gasteiger partial charge >= 0.3 is 0 Å². The first-order valence-electron chi connectivity index (χ1n) is 8.97. The number of ketones is 1. The predicted octanol–water partition coefficient (Wildman–Crippen LogP) is 4.74. The minimum Gasteiger partial charge on any atom is -0.377 e. The molecule has 1 heterocycles. The first-order valence-corrected chi connectivity index (χ1v) is 9.72. The molecule has 0 aromatic heterocycles. The summed E-state index contributed by atoms with van der Waals surface area (Å²) in [5.74, 6) is -0.461. The van der Waals surface area contributed by atoms with E-state index >= 15 is 0 Å². The standard InChI is InChI=1S/C21H19Cl2NO3/c1-2-27-19-11-15(25)10-16(12-4-3-5-13(22)8-12)21(19)17-9-14(23)6-7-18(17)24-20(21)26/h3-9,16,19H,2,10-11H2,1H3,(H,24,26). The van der Waals surface area contributed by atoms with Crippen molar-refractivity contribution >= 4 is 40.6 Å². The van der Waals surface area contributed by atoms with Crippen LogP contribution < -0.4 is 5.32 Å². The Kier molecular flexibility index (Phi) is 4.75. The highest BCUT2D eigenvalue weighted by atomic mass is 35.5. The van der Waals surface area contributed by atoms with E-state index in [0.29, 0.717) is 16.7 Å². The number of ether oxygens (including phenoxy) is 1. The molecule has 1 spiro atoms. The molecule has 2 aromatic carbocycles. The summed E-state index contributed by atoms with van der Waals surface area (Å²) < 4.78 is 5.98. The Bertz CT molecular complexity index is 929. The van der Waals surface area contributed by atoms with Gasteiger partial charge in [0, 0.05) is 41.1 Å². The average molecular weight is 404 g/mol. The molecule has 1 aliphatic heterocycles. The van der Waals surface area contributed by atoms with E-state index in [0.717, 1.165) is 16.8 Å². The van der Waals surface area contributed by atoms with Crippen LogP contribution in [-0.4, -0.2) is 24.4 Å². The number of halogens is 2. The fraction of sp³-hybridized carbons (Fsp3) is 0.333. The van der Waals surface area contributed by atoms with Crippen LogP contribution in [0.1, 0.15) is 36.8 Å². The summed E-state index contributed by atoms with van der Waals surface area (Å²) >= 11 is 12.5. The Hall–Kier alpha value is -1.88. The third-order valence-corrected chi connectivity index (χ3v) is 6.04. The van der Waals surface area contributed by atoms with Crippen LogP contribution in [0.15, 0.2) is 42.5 Å². The fourth-order valence-corrected chi connectivity index (χ4v) is 4.91. The maximum absolute atomic E-state index is 13.4. The number of hydrogen-bond donors (Lipinski definition) is 1. The molecule has 2 aromatic rings. The Morgan fingerprint density at radius 3 is 2.63 bits per heavy atom. The molecule has 27 heavy (non-hydrogen) atoms. The average Bonchev–Trinajstić information content (AvgIpc) is 2.90. The highest BCUT2D eigenvalue weighted by molar-refractivity contribution is 6.31. The molecule has 1 fully saturated rings. The molecule has 3 unspecified atom stereocenters. The molecule has 4 rings (SSSR count). The van der Waals surface area contributed by atoms with E-state index in [1.807, 2.05) is 31.2 Å². The van der Waals surface area contributed by atoms with Crippen LogP contribution in [-0.2, 0) is 19.7 Å². The molecule has 1 amide bonds. The van der Waals surface area contributed by atoms with Gasteiger partial charge in [0.15, 0.2) is 0 Å². The van der Waals surface area contributed by atoms with Crippen LogP contribution >= 0.6 is 23.2 Å². The number of hydrogen-bond acceptors (Lipinski definition) is 3. The molecule has 0 bridgehead atoms. The Balaban J connectivity index is 1.98. The molecule has 2 aliphatic rings. The first-order chi connectivity index (χ1) is 13.0. The third-order valence-electron chi connectivity index (χ3n) is 5.57. The van der Waals surface area contributed by atoms with Crippen molar-refractivity contribution < 1.29 is 14.3 Å². The van der Waals surface area contributed by atoms with Crippen LogP contribution in [0.2, 0.25) is 10.0 Å². The number of anilines is 1. The quantitative estimate of drug-likeness (QED) is 0.805. The lowest BCUT2D eigenvalue weighted by molar-refractivity contribution is -0.139. The summed E-state index contributed by atoms with van der Waals surface area (Å²) in [5, 5.41) is 4.09. The summed E-state index contributed by atoms with van der Waals surface area (Å²) in [6.07, 6.45) is -0.111. The van der Waals surface area contributed by atoms with Gasteiger partial charge in [0.05, 0.1) is 6.10 Å². The summed E-state index contributed by atoms with van der Waals surface area (Å²) in [4.78, 5) is 26.0. The van der Waals surface area contributed by atoms with E-state index in [1.165, 1.54) is 0 Å². The minimum atomic E-state index is -1.02. The van der Waals surface area contributed by atoms with Gasteiger partial charge in [-0.3, -0.25) is 9.59 Å². The zero-order valence-electron chi connectivity index (χ0n) is 14.8. The van der Waals surface area contributed by atoms with E-state index in [-0.39, 0.29) is 30.4 Å². The Morgan fingerprint density at radius 1 is 1.11 bits per heavy atom. The fourth-order valence-electron chi connectivity index (χ4n) is 4.54. The van der Waals surface area contributed by atoms with Crippen molar-refractivity contribution in [2.45, 2.75) is 37.2 Å². The SMILES string of the molecule is CCOC1CC(=O)CC(c2cccc(Cl)c2)C12C(=O)Nc1ccc(Cl)cc12. The molecular weight excluding hydrogens is 385 g/mol. The number of benzene rings is 2. The molecule has 0 saturated heterocycles. The molecular formula is C21H19Cl2NO3. The van der Waals surface area contributed by atoms with Gasteiger partial charge < -0.3 is 10.1 Å². The number of carbonyl (C=O) groups excluding carboxylic acids is 2. The maximum Gasteiger partial charge on any atom is 0.238 e. The smallest absolute Gasteiger partial charge is 0.238 e. The highest BCUT2D eigenvalue weighted by Crippen LogP contribution is 2.55. The van der Waals surface area contributed by atoms with Crippen LogP contribution in [0, 0.1) is 0 Å². The Labute approximate surface area is 167 Å². The minimum absolute atomic E-state index is 0.0762. The van der Waals surface area contributed by atoms with Gasteiger partial charge in [-0.05, 0) is 48.4 Å². The molecule has 1 saturated carbocycles. The number of fused-ring (bicyclic) bond motifs is 2. The highest BCUT2D eigenvalue weighted by Gasteiger charge is 2.61. The number of amides is 1. The molecule has 1 aliphatic carbocycles. The zero-order chi connectivity index (χ0) is 19.2. The number of nitrogens with one attached hydrogen (secondary N) is 1. The van der Waals surface area contributed by atoms with Crippen molar-refractivity contribution in [2.75, 3.05) is 11.9 Å². The van der Waals surface area contributed by atoms with E-state index in [9.17, 15) is 9.59 Å². The van der Waals surface area contributed by atoms with Gasteiger partial charge in [0.25, 0.3) is 0 Å². The third kappa shape index (κ3) is 2.87. The van der Waals surface area contributed by atoms with Crippen LogP contribution in [0.4, 0.5) is 5.69 Å². The van der Waals surface area contributed by atoms with Gasteiger partial charge in [0.1, 0.15) is 11.2 Å². The van der Waals surface area contributed by atoms with E-state index in [4.69, 9.17) is 27.9 Å². The lowest BCUT2D eigenvalue weighted by Crippen LogP contribution is -2.55. The molecule has 6 heteroatoms. The second-order valence-corrected chi connectivity index (χ2v) is 7.88. The normalized spacial score (nSPS) is 26.9. The van der Waals surface area contributed by atoms with Gasteiger partial charge in [-0.1, -0.05) is 35.3 Å². The molecule has 4 nitrogen and oxygen atoms in total. The van der Waals surface area contributed by atoms with Crippen LogP contribution in [0.3, 0.4) is 0 Å². The number of Topliss-reactive ketones (excluding diaryl/α,β-unsaturated/α-hetero) is 1. The van der Waals surface area contributed by atoms with E-state index in [1.54, 1.807) is 18.2 Å². The van der Waals surface area contributed by atoms with Crippen molar-refractivity contribution in [3.63, 3.8) is 0 Å². The van der Waals surface area contributed by atoms with Gasteiger partial charge in [-0.2, -0.15) is 0 Å². The van der Waals surface area contributed by atoms with Gasteiger partial charge in [-0.15, -0.1) is 0 Å². The van der Waals surface area contributed by atoms with Crippen molar-refractivity contribution in [3.8, 4) is 0 Å². The monoisotopic (exact) mass is 403 g/mol. The molecule has 3 atom stereocenters. The van der Waals surface area contributed by atoms with Crippen molar-refractivity contribution in [1.82, 2.24) is 0 Å². The lowest BCUT2D eigenvalue weighted by atomic mass is 9.59. The molecule has 0 radical (unpaired) electrons. The topological polar surface area (TPSA) is 55.4 Å². The number of rotatable bonds is 3.